The van der Waals surface area contributed by atoms with Crippen LogP contribution in [-0.4, -0.2) is 25.8 Å². The van der Waals surface area contributed by atoms with Crippen LogP contribution in [0.25, 0.3) is 11.0 Å². The lowest BCUT2D eigenvalue weighted by atomic mass is 10.3. The summed E-state index contributed by atoms with van der Waals surface area (Å²) in [5, 5.41) is 2.68. The fourth-order valence-electron chi connectivity index (χ4n) is 1.63. The van der Waals surface area contributed by atoms with Crippen molar-refractivity contribution < 1.29 is 4.79 Å². The van der Waals surface area contributed by atoms with E-state index in [0.717, 1.165) is 11.0 Å². The largest absolute Gasteiger partial charge is 0.334 e. The van der Waals surface area contributed by atoms with Crippen molar-refractivity contribution in [2.75, 3.05) is 5.32 Å². The summed E-state index contributed by atoms with van der Waals surface area (Å²) in [5.74, 6) is -0.0175. The zero-order valence-electron chi connectivity index (χ0n) is 9.59. The zero-order chi connectivity index (χ0) is 13.2. The van der Waals surface area contributed by atoms with Crippen molar-refractivity contribution in [2.45, 2.75) is 0 Å². The number of imidazole rings is 1. The number of para-hydroxylation sites is 2. The minimum Gasteiger partial charge on any atom is -0.334 e. The van der Waals surface area contributed by atoms with Crippen LogP contribution in [0.3, 0.4) is 0 Å². The van der Waals surface area contributed by atoms with Gasteiger partial charge in [-0.3, -0.25) is 4.79 Å². The first-order chi connectivity index (χ1) is 9.24. The molecule has 0 fully saturated rings. The summed E-state index contributed by atoms with van der Waals surface area (Å²) in [4.78, 5) is 26.9. The van der Waals surface area contributed by atoms with Crippen molar-refractivity contribution in [3.63, 3.8) is 0 Å². The number of hydrogen-bond donors (Lipinski definition) is 2. The Labute approximate surface area is 112 Å². The molecule has 3 rings (SSSR count). The number of H-pyrrole nitrogens is 1. The van der Waals surface area contributed by atoms with Gasteiger partial charge in [-0.05, 0) is 12.1 Å². The van der Waals surface area contributed by atoms with E-state index in [1.807, 2.05) is 24.3 Å². The van der Waals surface area contributed by atoms with E-state index >= 15 is 0 Å². The summed E-state index contributed by atoms with van der Waals surface area (Å²) in [7, 11) is 0. The summed E-state index contributed by atoms with van der Waals surface area (Å²) >= 11 is 5.82. The minimum atomic E-state index is -0.418. The molecule has 0 atom stereocenters. The standard InChI is InChI=1S/C12H8ClN5O/c13-9-10(15-6-5-14-9)18-12(19)11-16-7-3-1-2-4-8(7)17-11/h1-6H,(H,16,17)(H,15,18,19). The van der Waals surface area contributed by atoms with Crippen molar-refractivity contribution in [3.8, 4) is 0 Å². The molecular weight excluding hydrogens is 266 g/mol. The number of nitrogens with zero attached hydrogens (tertiary/aromatic N) is 3. The van der Waals surface area contributed by atoms with Gasteiger partial charge in [0.05, 0.1) is 11.0 Å². The number of benzene rings is 1. The molecule has 2 N–H and O–H groups in total. The molecule has 19 heavy (non-hydrogen) atoms. The lowest BCUT2D eigenvalue weighted by Crippen LogP contribution is -2.15. The fraction of sp³-hybridized carbons (Fsp3) is 0. The van der Waals surface area contributed by atoms with Crippen LogP contribution in [0.4, 0.5) is 5.82 Å². The van der Waals surface area contributed by atoms with E-state index in [2.05, 4.69) is 25.3 Å². The van der Waals surface area contributed by atoms with Crippen LogP contribution in [0.1, 0.15) is 10.6 Å². The normalized spacial score (nSPS) is 10.6. The number of amides is 1. The molecule has 6 nitrogen and oxygen atoms in total. The summed E-state index contributed by atoms with van der Waals surface area (Å²) in [6.07, 6.45) is 2.89. The number of halogens is 1. The average Bonchev–Trinajstić information content (AvgIpc) is 2.85. The molecular formula is C12H8ClN5O. The Hall–Kier alpha value is -2.47. The number of hydrogen-bond acceptors (Lipinski definition) is 4. The average molecular weight is 274 g/mol. The van der Waals surface area contributed by atoms with Gasteiger partial charge in [0, 0.05) is 12.4 Å². The van der Waals surface area contributed by atoms with E-state index in [1.165, 1.54) is 12.4 Å². The van der Waals surface area contributed by atoms with Crippen LogP contribution >= 0.6 is 11.6 Å². The maximum Gasteiger partial charge on any atom is 0.292 e. The third-order valence-electron chi connectivity index (χ3n) is 2.49. The first-order valence-corrected chi connectivity index (χ1v) is 5.84. The number of carbonyl (C=O) groups excluding carboxylic acids is 1. The van der Waals surface area contributed by atoms with Crippen LogP contribution in [0.5, 0.6) is 0 Å². The van der Waals surface area contributed by atoms with Gasteiger partial charge in [-0.15, -0.1) is 0 Å². The number of anilines is 1. The number of nitrogens with one attached hydrogen (secondary N) is 2. The molecule has 0 spiro atoms. The van der Waals surface area contributed by atoms with Crippen LogP contribution in [0.2, 0.25) is 5.15 Å². The van der Waals surface area contributed by atoms with E-state index in [9.17, 15) is 4.79 Å². The maximum absolute atomic E-state index is 12.0. The SMILES string of the molecule is O=C(Nc1nccnc1Cl)c1nc2ccccc2[nH]1. The van der Waals surface area contributed by atoms with Crippen LogP contribution in [0, 0.1) is 0 Å². The number of fused-ring (bicyclic) bond motifs is 1. The number of aromatic nitrogens is 4. The summed E-state index contributed by atoms with van der Waals surface area (Å²) in [6, 6.07) is 7.37. The maximum atomic E-state index is 12.0. The van der Waals surface area contributed by atoms with Gasteiger partial charge in [-0.2, -0.15) is 0 Å². The monoisotopic (exact) mass is 273 g/mol. The highest BCUT2D eigenvalue weighted by Gasteiger charge is 2.13. The first kappa shape index (κ1) is 11.6. The van der Waals surface area contributed by atoms with Gasteiger partial charge >= 0.3 is 0 Å². The molecule has 2 heterocycles. The second kappa shape index (κ2) is 4.66. The molecule has 2 aromatic heterocycles. The van der Waals surface area contributed by atoms with E-state index in [-0.39, 0.29) is 16.8 Å². The Morgan fingerprint density at radius 1 is 1.21 bits per heavy atom. The van der Waals surface area contributed by atoms with Crippen molar-refractivity contribution in [3.05, 3.63) is 47.6 Å². The van der Waals surface area contributed by atoms with Crippen LogP contribution < -0.4 is 5.32 Å². The number of aromatic amines is 1. The smallest absolute Gasteiger partial charge is 0.292 e. The second-order valence-electron chi connectivity index (χ2n) is 3.75. The van der Waals surface area contributed by atoms with Gasteiger partial charge in [0.2, 0.25) is 0 Å². The van der Waals surface area contributed by atoms with Gasteiger partial charge in [-0.1, -0.05) is 23.7 Å². The molecule has 7 heteroatoms. The molecule has 3 aromatic rings. The molecule has 94 valence electrons. The molecule has 0 saturated heterocycles. The lowest BCUT2D eigenvalue weighted by Gasteiger charge is -2.02. The highest BCUT2D eigenvalue weighted by Crippen LogP contribution is 2.16. The molecule has 1 amide bonds. The molecule has 0 aliphatic carbocycles. The van der Waals surface area contributed by atoms with Gasteiger partial charge in [-0.25, -0.2) is 15.0 Å². The van der Waals surface area contributed by atoms with Crippen molar-refractivity contribution in [1.82, 2.24) is 19.9 Å². The Balaban J connectivity index is 1.90. The van der Waals surface area contributed by atoms with E-state index < -0.39 is 5.91 Å². The summed E-state index contributed by atoms with van der Waals surface area (Å²) in [5.41, 5.74) is 1.51. The van der Waals surface area contributed by atoms with Crippen molar-refractivity contribution in [2.24, 2.45) is 0 Å². The van der Waals surface area contributed by atoms with Gasteiger partial charge in [0.15, 0.2) is 16.8 Å². The zero-order valence-corrected chi connectivity index (χ0v) is 10.3. The predicted octanol–water partition coefficient (Wildman–Crippen LogP) is 2.26. The lowest BCUT2D eigenvalue weighted by molar-refractivity contribution is 0.101. The topological polar surface area (TPSA) is 83.6 Å². The Morgan fingerprint density at radius 3 is 2.79 bits per heavy atom. The van der Waals surface area contributed by atoms with Gasteiger partial charge < -0.3 is 10.3 Å². The van der Waals surface area contributed by atoms with Crippen molar-refractivity contribution in [1.29, 1.82) is 0 Å². The molecule has 0 radical (unpaired) electrons. The van der Waals surface area contributed by atoms with Crippen LogP contribution in [0.15, 0.2) is 36.7 Å². The quantitative estimate of drug-likeness (QED) is 0.750. The van der Waals surface area contributed by atoms with E-state index in [1.54, 1.807) is 0 Å². The number of rotatable bonds is 2. The van der Waals surface area contributed by atoms with E-state index in [4.69, 9.17) is 11.6 Å². The Bertz CT molecular complexity index is 721. The summed E-state index contributed by atoms with van der Waals surface area (Å²) < 4.78 is 0. The second-order valence-corrected chi connectivity index (χ2v) is 4.11. The molecule has 0 aliphatic rings. The van der Waals surface area contributed by atoms with Gasteiger partial charge in [0.25, 0.3) is 5.91 Å². The highest BCUT2D eigenvalue weighted by molar-refractivity contribution is 6.32. The van der Waals surface area contributed by atoms with Crippen LogP contribution in [-0.2, 0) is 0 Å². The Kier molecular flexibility index (Phi) is 2.85. The molecule has 0 unspecified atom stereocenters. The fourth-order valence-corrected chi connectivity index (χ4v) is 1.78. The summed E-state index contributed by atoms with van der Waals surface area (Å²) in [6.45, 7) is 0. The number of carbonyl (C=O) groups is 1. The third kappa shape index (κ3) is 2.25. The minimum absolute atomic E-state index is 0.131. The molecule has 0 aliphatic heterocycles. The van der Waals surface area contributed by atoms with Gasteiger partial charge in [0.1, 0.15) is 0 Å². The molecule has 1 aromatic carbocycles. The third-order valence-corrected chi connectivity index (χ3v) is 2.77. The predicted molar refractivity (Wildman–Crippen MR) is 71.1 cm³/mol. The first-order valence-electron chi connectivity index (χ1n) is 5.46. The Morgan fingerprint density at radius 2 is 2.00 bits per heavy atom. The highest BCUT2D eigenvalue weighted by atomic mass is 35.5. The molecule has 0 saturated carbocycles. The van der Waals surface area contributed by atoms with E-state index in [0.29, 0.717) is 0 Å². The molecule has 0 bridgehead atoms. The van der Waals surface area contributed by atoms with Crippen molar-refractivity contribution >= 4 is 34.4 Å².